The minimum Gasteiger partial charge on any atom is -0.290 e. The Bertz CT molecular complexity index is 820. The second kappa shape index (κ2) is 7.12. The third kappa shape index (κ3) is 3.54. The first-order valence-corrected chi connectivity index (χ1v) is 9.30. The number of terminal acetylenes is 1. The summed E-state index contributed by atoms with van der Waals surface area (Å²) < 4.78 is 4.94. The van der Waals surface area contributed by atoms with Crippen molar-refractivity contribution < 1.29 is 0 Å². The molecule has 0 spiro atoms. The molecule has 0 atom stereocenters. The minimum atomic E-state index is 0.552. The first kappa shape index (κ1) is 16.5. The average Bonchev–Trinajstić information content (AvgIpc) is 3.43. The Kier molecular flexibility index (Phi) is 4.71. The van der Waals surface area contributed by atoms with Crippen LogP contribution in [-0.2, 0) is 6.67 Å². The maximum absolute atomic E-state index is 5.77. The molecule has 2 aromatic rings. The summed E-state index contributed by atoms with van der Waals surface area (Å²) in [6.07, 6.45) is 7.83. The largest absolute Gasteiger partial charge is 0.290 e. The van der Waals surface area contributed by atoms with Gasteiger partial charge in [0.05, 0.1) is 13.2 Å². The Morgan fingerprint density at radius 1 is 1.08 bits per heavy atom. The monoisotopic (exact) mass is 353 g/mol. The highest BCUT2D eigenvalue weighted by atomic mass is 32.1. The molecule has 6 heteroatoms. The van der Waals surface area contributed by atoms with E-state index in [1.165, 1.54) is 12.8 Å². The van der Waals surface area contributed by atoms with Gasteiger partial charge in [-0.2, -0.15) is 5.10 Å². The maximum atomic E-state index is 5.77. The molecule has 0 amide bonds. The number of para-hydroxylation sites is 1. The lowest BCUT2D eigenvalue weighted by atomic mass is 10.3. The molecular weight excluding hydrogens is 330 g/mol. The summed E-state index contributed by atoms with van der Waals surface area (Å²) in [5, 5.41) is 4.89. The van der Waals surface area contributed by atoms with E-state index in [1.807, 2.05) is 10.7 Å². The number of piperazine rings is 1. The first-order chi connectivity index (χ1) is 12.3. The van der Waals surface area contributed by atoms with Gasteiger partial charge in [-0.15, -0.1) is 6.42 Å². The van der Waals surface area contributed by atoms with E-state index in [9.17, 15) is 0 Å². The zero-order valence-corrected chi connectivity index (χ0v) is 15.2. The molecule has 2 fully saturated rings. The van der Waals surface area contributed by atoms with Crippen molar-refractivity contribution in [1.29, 1.82) is 0 Å². The van der Waals surface area contributed by atoms with Gasteiger partial charge >= 0.3 is 0 Å². The lowest BCUT2D eigenvalue weighted by Gasteiger charge is -2.33. The van der Waals surface area contributed by atoms with E-state index in [-0.39, 0.29) is 0 Å². The van der Waals surface area contributed by atoms with Crippen molar-refractivity contribution in [2.75, 3.05) is 32.7 Å². The molecule has 0 unspecified atom stereocenters. The van der Waals surface area contributed by atoms with Gasteiger partial charge in [-0.3, -0.25) is 14.4 Å². The average molecular weight is 353 g/mol. The van der Waals surface area contributed by atoms with Crippen LogP contribution in [0.1, 0.15) is 24.6 Å². The molecule has 1 saturated carbocycles. The molecule has 1 saturated heterocycles. The van der Waals surface area contributed by atoms with Crippen LogP contribution >= 0.6 is 12.2 Å². The fourth-order valence-electron chi connectivity index (χ4n) is 3.35. The lowest BCUT2D eigenvalue weighted by molar-refractivity contribution is 0.111. The number of hydrogen-bond donors (Lipinski definition) is 0. The van der Waals surface area contributed by atoms with Crippen molar-refractivity contribution in [3.8, 4) is 18.0 Å². The second-order valence-corrected chi connectivity index (χ2v) is 7.19. The van der Waals surface area contributed by atoms with Crippen molar-refractivity contribution in [2.45, 2.75) is 25.4 Å². The van der Waals surface area contributed by atoms with Gasteiger partial charge in [-0.1, -0.05) is 24.1 Å². The van der Waals surface area contributed by atoms with E-state index in [1.54, 1.807) is 0 Å². The molecule has 2 heterocycles. The highest BCUT2D eigenvalue weighted by Crippen LogP contribution is 2.40. The highest BCUT2D eigenvalue weighted by Gasteiger charge is 2.31. The lowest BCUT2D eigenvalue weighted by Crippen LogP contribution is -2.46. The van der Waals surface area contributed by atoms with Gasteiger partial charge in [0.15, 0.2) is 0 Å². The molecule has 0 bridgehead atoms. The molecule has 25 heavy (non-hydrogen) atoms. The number of nitrogens with zero attached hydrogens (tertiary/aromatic N) is 5. The van der Waals surface area contributed by atoms with Crippen LogP contribution in [-0.4, -0.2) is 56.9 Å². The molecule has 0 radical (unpaired) electrons. The first-order valence-electron chi connectivity index (χ1n) is 8.89. The zero-order valence-electron chi connectivity index (χ0n) is 14.3. The van der Waals surface area contributed by atoms with Gasteiger partial charge in [0.2, 0.25) is 4.77 Å². The van der Waals surface area contributed by atoms with Crippen molar-refractivity contribution in [2.24, 2.45) is 0 Å². The Balaban J connectivity index is 1.55. The summed E-state index contributed by atoms with van der Waals surface area (Å²) in [7, 11) is 0. The molecule has 5 nitrogen and oxygen atoms in total. The van der Waals surface area contributed by atoms with Gasteiger partial charge in [-0.05, 0) is 37.2 Å². The van der Waals surface area contributed by atoms with Crippen LogP contribution in [0.15, 0.2) is 30.3 Å². The molecule has 1 aromatic heterocycles. The summed E-state index contributed by atoms with van der Waals surface area (Å²) in [4.78, 5) is 4.72. The van der Waals surface area contributed by atoms with Crippen molar-refractivity contribution in [3.05, 3.63) is 40.9 Å². The second-order valence-electron chi connectivity index (χ2n) is 6.83. The maximum Gasteiger partial charge on any atom is 0.203 e. The van der Waals surface area contributed by atoms with E-state index in [2.05, 4.69) is 44.6 Å². The fraction of sp³-hybridized carbons (Fsp3) is 0.474. The van der Waals surface area contributed by atoms with Crippen LogP contribution in [0.5, 0.6) is 0 Å². The molecule has 130 valence electrons. The number of aromatic nitrogens is 3. The van der Waals surface area contributed by atoms with Crippen LogP contribution in [0.4, 0.5) is 0 Å². The highest BCUT2D eigenvalue weighted by molar-refractivity contribution is 7.71. The number of benzene rings is 1. The summed E-state index contributed by atoms with van der Waals surface area (Å²) in [6.45, 7) is 5.50. The molecule has 2 aliphatic rings. The fourth-order valence-corrected chi connectivity index (χ4v) is 3.65. The van der Waals surface area contributed by atoms with E-state index in [4.69, 9.17) is 23.7 Å². The van der Waals surface area contributed by atoms with E-state index in [0.29, 0.717) is 5.92 Å². The molecule has 1 aliphatic carbocycles. The van der Waals surface area contributed by atoms with Gasteiger partial charge in [-0.25, -0.2) is 4.68 Å². The molecular formula is C19H23N5S. The SMILES string of the molecule is C#CCN1CCN(Cn2nc(C3CC3)n(-c3ccccc3)c2=S)CC1. The number of rotatable bonds is 5. The Morgan fingerprint density at radius 3 is 2.40 bits per heavy atom. The van der Waals surface area contributed by atoms with E-state index < -0.39 is 0 Å². The summed E-state index contributed by atoms with van der Waals surface area (Å²) in [5.74, 6) is 4.39. The van der Waals surface area contributed by atoms with Gasteiger partial charge in [0.1, 0.15) is 5.82 Å². The van der Waals surface area contributed by atoms with Crippen molar-refractivity contribution in [1.82, 2.24) is 24.1 Å². The zero-order chi connectivity index (χ0) is 17.2. The van der Waals surface area contributed by atoms with Gasteiger partial charge in [0, 0.05) is 37.8 Å². The smallest absolute Gasteiger partial charge is 0.203 e. The predicted octanol–water partition coefficient (Wildman–Crippen LogP) is 2.49. The molecule has 1 aliphatic heterocycles. The molecule has 0 N–H and O–H groups in total. The quantitative estimate of drug-likeness (QED) is 0.610. The minimum absolute atomic E-state index is 0.552. The van der Waals surface area contributed by atoms with Crippen molar-refractivity contribution >= 4 is 12.2 Å². The van der Waals surface area contributed by atoms with Gasteiger partial charge < -0.3 is 0 Å². The molecule has 4 rings (SSSR count). The Labute approximate surface area is 153 Å². The van der Waals surface area contributed by atoms with Crippen LogP contribution in [0.3, 0.4) is 0 Å². The third-order valence-electron chi connectivity index (χ3n) is 4.94. The van der Waals surface area contributed by atoms with Crippen molar-refractivity contribution in [3.63, 3.8) is 0 Å². The Morgan fingerprint density at radius 2 is 1.76 bits per heavy atom. The third-order valence-corrected chi connectivity index (χ3v) is 5.33. The number of hydrogen-bond acceptors (Lipinski definition) is 4. The standard InChI is InChI=1S/C19H23N5S/c1-2-10-21-11-13-22(14-12-21)15-23-19(25)24(17-6-4-3-5-7-17)18(20-23)16-8-9-16/h1,3-7,16H,8-15H2. The van der Waals surface area contributed by atoms with Crippen LogP contribution in [0.25, 0.3) is 5.69 Å². The van der Waals surface area contributed by atoms with Gasteiger partial charge in [0.25, 0.3) is 0 Å². The summed E-state index contributed by atoms with van der Waals surface area (Å²) in [6, 6.07) is 10.3. The van der Waals surface area contributed by atoms with Crippen LogP contribution in [0, 0.1) is 17.1 Å². The van der Waals surface area contributed by atoms with E-state index >= 15 is 0 Å². The molecule has 1 aromatic carbocycles. The van der Waals surface area contributed by atoms with E-state index in [0.717, 1.165) is 55.7 Å². The normalized spacial score (nSPS) is 19.0. The van der Waals surface area contributed by atoms with Crippen LogP contribution in [0.2, 0.25) is 0 Å². The topological polar surface area (TPSA) is 29.2 Å². The summed E-state index contributed by atoms with van der Waals surface area (Å²) >= 11 is 5.77. The van der Waals surface area contributed by atoms with Crippen LogP contribution < -0.4 is 0 Å². The summed E-state index contributed by atoms with van der Waals surface area (Å²) in [5.41, 5.74) is 1.11. The predicted molar refractivity (Wildman–Crippen MR) is 101 cm³/mol. The Hall–Kier alpha value is -1.94.